The molecule has 2 aromatic carbocycles. The van der Waals surface area contributed by atoms with Crippen LogP contribution in [0.25, 0.3) is 0 Å². The Morgan fingerprint density at radius 1 is 1.16 bits per heavy atom. The molecule has 0 aliphatic carbocycles. The second-order valence-electron chi connectivity index (χ2n) is 5.46. The van der Waals surface area contributed by atoms with Gasteiger partial charge in [0.25, 0.3) is 0 Å². The molecule has 0 fully saturated rings. The molecule has 128 valence electrons. The Morgan fingerprint density at radius 2 is 1.92 bits per heavy atom. The Labute approximate surface area is 153 Å². The first-order chi connectivity index (χ1) is 12.0. The van der Waals surface area contributed by atoms with E-state index in [1.165, 1.54) is 0 Å². The van der Waals surface area contributed by atoms with E-state index in [9.17, 15) is 5.26 Å². The number of hydrogen-bond acceptors (Lipinski definition) is 6. The van der Waals surface area contributed by atoms with E-state index in [1.54, 1.807) is 26.4 Å². The Hall–Kier alpha value is -2.85. The minimum atomic E-state index is -0.398. The molecule has 0 aromatic heterocycles. The van der Waals surface area contributed by atoms with Gasteiger partial charge in [0, 0.05) is 17.3 Å². The molecule has 25 heavy (non-hydrogen) atoms. The SMILES string of the molecule is COc1cc(C2C(C#N)=C(N)Oc3cc(N)ccc32)cc(Br)c1OC. The number of methoxy groups -OCH3 is 2. The number of nitriles is 1. The van der Waals surface area contributed by atoms with E-state index in [-0.39, 0.29) is 5.88 Å². The quantitative estimate of drug-likeness (QED) is 0.764. The van der Waals surface area contributed by atoms with Crippen LogP contribution in [0, 0.1) is 11.3 Å². The third-order valence-corrected chi connectivity index (χ3v) is 4.62. The molecule has 1 heterocycles. The van der Waals surface area contributed by atoms with Crippen LogP contribution in [-0.2, 0) is 0 Å². The number of halogens is 1. The van der Waals surface area contributed by atoms with Crippen LogP contribution in [0.15, 0.2) is 46.3 Å². The zero-order valence-corrected chi connectivity index (χ0v) is 15.3. The number of allylic oxidation sites excluding steroid dienone is 1. The molecule has 1 unspecified atom stereocenters. The minimum absolute atomic E-state index is 0.0662. The molecule has 0 saturated heterocycles. The van der Waals surface area contributed by atoms with Crippen molar-refractivity contribution >= 4 is 21.6 Å². The van der Waals surface area contributed by atoms with E-state index in [0.29, 0.717) is 33.0 Å². The lowest BCUT2D eigenvalue weighted by molar-refractivity contribution is 0.352. The number of rotatable bonds is 3. The highest BCUT2D eigenvalue weighted by Gasteiger charge is 2.31. The number of nitrogens with two attached hydrogens (primary N) is 2. The molecule has 1 atom stereocenters. The maximum Gasteiger partial charge on any atom is 0.205 e. The van der Waals surface area contributed by atoms with Gasteiger partial charge in [0.15, 0.2) is 11.5 Å². The smallest absolute Gasteiger partial charge is 0.205 e. The fourth-order valence-electron chi connectivity index (χ4n) is 2.92. The molecule has 2 aromatic rings. The van der Waals surface area contributed by atoms with Gasteiger partial charge in [-0.2, -0.15) is 5.26 Å². The summed E-state index contributed by atoms with van der Waals surface area (Å²) in [6, 6.07) is 11.2. The minimum Gasteiger partial charge on any atom is -0.493 e. The lowest BCUT2D eigenvalue weighted by Gasteiger charge is -2.27. The number of nitrogens with zero attached hydrogens (tertiary/aromatic N) is 1. The Kier molecular flexibility index (Phi) is 4.47. The predicted octanol–water partition coefficient (Wildman–Crippen LogP) is 3.27. The molecule has 4 N–H and O–H groups in total. The van der Waals surface area contributed by atoms with E-state index in [0.717, 1.165) is 11.1 Å². The fourth-order valence-corrected chi connectivity index (χ4v) is 3.54. The topological polar surface area (TPSA) is 104 Å². The molecule has 1 aliphatic heterocycles. The van der Waals surface area contributed by atoms with Gasteiger partial charge in [0.05, 0.1) is 24.6 Å². The number of fused-ring (bicyclic) bond motifs is 1. The largest absolute Gasteiger partial charge is 0.493 e. The normalized spacial score (nSPS) is 15.8. The van der Waals surface area contributed by atoms with Gasteiger partial charge in [-0.25, -0.2) is 0 Å². The van der Waals surface area contributed by atoms with Crippen molar-refractivity contribution in [3.05, 3.63) is 57.4 Å². The van der Waals surface area contributed by atoms with Crippen molar-refractivity contribution in [2.24, 2.45) is 5.73 Å². The number of benzene rings is 2. The molecule has 0 saturated carbocycles. The highest BCUT2D eigenvalue weighted by molar-refractivity contribution is 9.10. The Bertz CT molecular complexity index is 919. The molecule has 0 spiro atoms. The van der Waals surface area contributed by atoms with Crippen LogP contribution in [0.1, 0.15) is 17.0 Å². The average molecular weight is 402 g/mol. The zero-order valence-electron chi connectivity index (χ0n) is 13.7. The summed E-state index contributed by atoms with van der Waals surface area (Å²) < 4.78 is 17.1. The first-order valence-corrected chi connectivity index (χ1v) is 8.17. The maximum atomic E-state index is 9.61. The van der Waals surface area contributed by atoms with Crippen LogP contribution in [0.3, 0.4) is 0 Å². The van der Waals surface area contributed by atoms with Crippen LogP contribution in [0.2, 0.25) is 0 Å². The van der Waals surface area contributed by atoms with Gasteiger partial charge in [-0.05, 0) is 39.7 Å². The fraction of sp³-hybridized carbons (Fsp3) is 0.167. The Balaban J connectivity index is 2.25. The van der Waals surface area contributed by atoms with Crippen molar-refractivity contribution in [3.63, 3.8) is 0 Å². The average Bonchev–Trinajstić information content (AvgIpc) is 2.59. The van der Waals surface area contributed by atoms with E-state index in [1.807, 2.05) is 18.2 Å². The molecule has 0 bridgehead atoms. The summed E-state index contributed by atoms with van der Waals surface area (Å²) in [6.07, 6.45) is 0. The summed E-state index contributed by atoms with van der Waals surface area (Å²) in [5.74, 6) is 1.33. The van der Waals surface area contributed by atoms with Gasteiger partial charge in [-0.3, -0.25) is 0 Å². The molecule has 0 radical (unpaired) electrons. The second kappa shape index (κ2) is 6.57. The molecular weight excluding hydrogens is 386 g/mol. The van der Waals surface area contributed by atoms with Gasteiger partial charge in [-0.15, -0.1) is 0 Å². The molecule has 0 amide bonds. The summed E-state index contributed by atoms with van der Waals surface area (Å²) in [5, 5.41) is 9.61. The first kappa shape index (κ1) is 17.0. The van der Waals surface area contributed by atoms with E-state index < -0.39 is 5.92 Å². The summed E-state index contributed by atoms with van der Waals surface area (Å²) in [6.45, 7) is 0. The standard InChI is InChI=1S/C18H16BrN3O3/c1-23-15-6-9(5-13(19)17(15)24-2)16-11-4-3-10(21)7-14(11)25-18(22)12(16)8-20/h3-7,16H,21-22H2,1-2H3. The van der Waals surface area contributed by atoms with Crippen LogP contribution in [0.5, 0.6) is 17.2 Å². The van der Waals surface area contributed by atoms with Gasteiger partial charge in [0.1, 0.15) is 17.4 Å². The van der Waals surface area contributed by atoms with Gasteiger partial charge in [0.2, 0.25) is 5.88 Å². The number of ether oxygens (including phenoxy) is 3. The predicted molar refractivity (Wildman–Crippen MR) is 97.4 cm³/mol. The highest BCUT2D eigenvalue weighted by Crippen LogP contribution is 2.46. The highest BCUT2D eigenvalue weighted by atomic mass is 79.9. The van der Waals surface area contributed by atoms with Crippen molar-refractivity contribution in [2.75, 3.05) is 20.0 Å². The lowest BCUT2D eigenvalue weighted by atomic mass is 9.83. The van der Waals surface area contributed by atoms with Crippen molar-refractivity contribution < 1.29 is 14.2 Å². The maximum absolute atomic E-state index is 9.61. The second-order valence-corrected chi connectivity index (χ2v) is 6.31. The zero-order chi connectivity index (χ0) is 18.1. The van der Waals surface area contributed by atoms with Crippen molar-refractivity contribution in [1.82, 2.24) is 0 Å². The number of hydrogen-bond donors (Lipinski definition) is 2. The van der Waals surface area contributed by atoms with Crippen molar-refractivity contribution in [3.8, 4) is 23.3 Å². The molecule has 1 aliphatic rings. The third kappa shape index (κ3) is 2.85. The van der Waals surface area contributed by atoms with Gasteiger partial charge in [-0.1, -0.05) is 6.07 Å². The summed E-state index contributed by atoms with van der Waals surface area (Å²) >= 11 is 3.49. The van der Waals surface area contributed by atoms with Gasteiger partial charge >= 0.3 is 0 Å². The Morgan fingerprint density at radius 3 is 2.56 bits per heavy atom. The summed E-state index contributed by atoms with van der Waals surface area (Å²) in [5.41, 5.74) is 14.3. The van der Waals surface area contributed by atoms with Crippen LogP contribution >= 0.6 is 15.9 Å². The van der Waals surface area contributed by atoms with Crippen molar-refractivity contribution in [1.29, 1.82) is 5.26 Å². The third-order valence-electron chi connectivity index (χ3n) is 4.03. The number of anilines is 1. The van der Waals surface area contributed by atoms with Gasteiger partial charge < -0.3 is 25.7 Å². The van der Waals surface area contributed by atoms with E-state index >= 15 is 0 Å². The molecule has 3 rings (SSSR count). The lowest BCUT2D eigenvalue weighted by Crippen LogP contribution is -2.21. The molecular formula is C18H16BrN3O3. The van der Waals surface area contributed by atoms with Crippen molar-refractivity contribution in [2.45, 2.75) is 5.92 Å². The monoisotopic (exact) mass is 401 g/mol. The molecule has 6 nitrogen and oxygen atoms in total. The van der Waals surface area contributed by atoms with Crippen LogP contribution in [-0.4, -0.2) is 14.2 Å². The first-order valence-electron chi connectivity index (χ1n) is 7.38. The van der Waals surface area contributed by atoms with E-state index in [2.05, 4.69) is 22.0 Å². The molecule has 7 heteroatoms. The van der Waals surface area contributed by atoms with E-state index in [4.69, 9.17) is 25.7 Å². The number of nitrogen functional groups attached to an aromatic ring is 1. The summed E-state index contributed by atoms with van der Waals surface area (Å²) in [7, 11) is 3.12. The van der Waals surface area contributed by atoms with Crippen LogP contribution < -0.4 is 25.7 Å². The summed E-state index contributed by atoms with van der Waals surface area (Å²) in [4.78, 5) is 0. The van der Waals surface area contributed by atoms with Crippen LogP contribution in [0.4, 0.5) is 5.69 Å².